The number of para-hydroxylation sites is 2. The van der Waals surface area contributed by atoms with Gasteiger partial charge in [0.25, 0.3) is 0 Å². The summed E-state index contributed by atoms with van der Waals surface area (Å²) in [6, 6.07) is 6.41. The molecule has 0 aliphatic rings. The molecule has 7 nitrogen and oxygen atoms in total. The molecule has 2 atom stereocenters. The lowest BCUT2D eigenvalue weighted by atomic mass is 10.0. The van der Waals surface area contributed by atoms with Crippen molar-refractivity contribution in [3.05, 3.63) is 36.2 Å². The monoisotopic (exact) mass is 330 g/mol. The maximum Gasteiger partial charge on any atom is 0.249 e. The molecular weight excluding hydrogens is 308 g/mol. The number of nitrogens with zero attached hydrogens (tertiary/aromatic N) is 2. The molecule has 0 aliphatic heterocycles. The lowest BCUT2D eigenvalue weighted by molar-refractivity contribution is -0.133. The standard InChI is InChI=1S/C17H22N4O3/c1-10(2)7-15(22)17(24)21-14(16(18)23)8-11-9-19-12-5-3-4-6-13(12)20-11/h3-6,9-10,14-15,22H,7-8H2,1-2H3,(H2,18,23)(H,21,24)/t14-,15+/m0/s1. The van der Waals surface area contributed by atoms with Crippen molar-refractivity contribution >= 4 is 22.8 Å². The molecule has 0 spiro atoms. The van der Waals surface area contributed by atoms with Crippen molar-refractivity contribution in [1.82, 2.24) is 15.3 Å². The SMILES string of the molecule is CC(C)C[C@@H](O)C(=O)N[C@@H](Cc1cnc2ccccc2n1)C(N)=O. The Hall–Kier alpha value is -2.54. The van der Waals surface area contributed by atoms with E-state index in [-0.39, 0.29) is 12.3 Å². The zero-order valence-electron chi connectivity index (χ0n) is 13.8. The van der Waals surface area contributed by atoms with E-state index >= 15 is 0 Å². The summed E-state index contributed by atoms with van der Waals surface area (Å²) in [4.78, 5) is 32.3. The minimum atomic E-state index is -1.17. The van der Waals surface area contributed by atoms with E-state index in [4.69, 9.17) is 5.73 Å². The molecule has 2 aromatic rings. The van der Waals surface area contributed by atoms with E-state index < -0.39 is 24.0 Å². The molecule has 0 saturated carbocycles. The summed E-state index contributed by atoms with van der Waals surface area (Å²) in [5, 5.41) is 12.3. The third kappa shape index (κ3) is 4.73. The summed E-state index contributed by atoms with van der Waals surface area (Å²) in [5.74, 6) is -1.14. The number of hydrogen-bond acceptors (Lipinski definition) is 5. The van der Waals surface area contributed by atoms with Crippen molar-refractivity contribution < 1.29 is 14.7 Å². The second-order valence-electron chi connectivity index (χ2n) is 6.16. The normalized spacial score (nSPS) is 13.7. The number of rotatable bonds is 7. The predicted molar refractivity (Wildman–Crippen MR) is 89.8 cm³/mol. The molecule has 2 rings (SSSR count). The minimum Gasteiger partial charge on any atom is -0.383 e. The average molecular weight is 330 g/mol. The highest BCUT2D eigenvalue weighted by Crippen LogP contribution is 2.10. The van der Waals surface area contributed by atoms with Crippen LogP contribution in [0.25, 0.3) is 11.0 Å². The second-order valence-corrected chi connectivity index (χ2v) is 6.16. The van der Waals surface area contributed by atoms with Crippen molar-refractivity contribution in [3.63, 3.8) is 0 Å². The number of amides is 2. The van der Waals surface area contributed by atoms with Crippen LogP contribution in [-0.4, -0.2) is 39.0 Å². The van der Waals surface area contributed by atoms with Gasteiger partial charge in [0, 0.05) is 12.6 Å². The first kappa shape index (κ1) is 17.8. The zero-order valence-corrected chi connectivity index (χ0v) is 13.8. The predicted octanol–water partition coefficient (Wildman–Crippen LogP) is 0.549. The quantitative estimate of drug-likeness (QED) is 0.685. The van der Waals surface area contributed by atoms with Gasteiger partial charge in [0.15, 0.2) is 0 Å². The van der Waals surface area contributed by atoms with Crippen LogP contribution >= 0.6 is 0 Å². The van der Waals surface area contributed by atoms with E-state index in [0.29, 0.717) is 17.6 Å². The molecule has 128 valence electrons. The van der Waals surface area contributed by atoms with E-state index in [1.165, 1.54) is 0 Å². The third-order valence-electron chi connectivity index (χ3n) is 3.57. The molecule has 2 amide bonds. The first-order valence-corrected chi connectivity index (χ1v) is 7.85. The van der Waals surface area contributed by atoms with Gasteiger partial charge in [-0.1, -0.05) is 26.0 Å². The number of aliphatic hydroxyl groups is 1. The van der Waals surface area contributed by atoms with E-state index in [9.17, 15) is 14.7 Å². The lowest BCUT2D eigenvalue weighted by Crippen LogP contribution is -2.49. The van der Waals surface area contributed by atoms with Crippen molar-refractivity contribution in [2.75, 3.05) is 0 Å². The average Bonchev–Trinajstić information content (AvgIpc) is 2.53. The summed E-state index contributed by atoms with van der Waals surface area (Å²) >= 11 is 0. The van der Waals surface area contributed by atoms with Crippen molar-refractivity contribution in [1.29, 1.82) is 0 Å². The second kappa shape index (κ2) is 7.83. The maximum atomic E-state index is 12.0. The number of benzene rings is 1. The molecular formula is C17H22N4O3. The number of primary amides is 1. The highest BCUT2D eigenvalue weighted by Gasteiger charge is 2.24. The van der Waals surface area contributed by atoms with Crippen molar-refractivity contribution in [2.45, 2.75) is 38.8 Å². The molecule has 0 saturated heterocycles. The Kier molecular flexibility index (Phi) is 5.81. The molecule has 1 aromatic heterocycles. The summed E-state index contributed by atoms with van der Waals surface area (Å²) < 4.78 is 0. The smallest absolute Gasteiger partial charge is 0.249 e. The van der Waals surface area contributed by atoms with Crippen LogP contribution in [0.3, 0.4) is 0 Å². The van der Waals surface area contributed by atoms with E-state index in [1.54, 1.807) is 6.20 Å². The van der Waals surface area contributed by atoms with Crippen LogP contribution in [0.1, 0.15) is 26.0 Å². The Morgan fingerprint density at radius 3 is 2.54 bits per heavy atom. The summed E-state index contributed by atoms with van der Waals surface area (Å²) in [6.45, 7) is 3.79. The number of hydrogen-bond donors (Lipinski definition) is 3. The highest BCUT2D eigenvalue weighted by molar-refractivity contribution is 5.88. The fourth-order valence-electron chi connectivity index (χ4n) is 2.35. The van der Waals surface area contributed by atoms with Crippen LogP contribution in [0.4, 0.5) is 0 Å². The van der Waals surface area contributed by atoms with E-state index in [2.05, 4.69) is 15.3 Å². The van der Waals surface area contributed by atoms with E-state index in [0.717, 1.165) is 5.52 Å². The molecule has 0 fully saturated rings. The molecule has 0 bridgehead atoms. The zero-order chi connectivity index (χ0) is 17.7. The van der Waals surface area contributed by atoms with Crippen LogP contribution in [0, 0.1) is 5.92 Å². The van der Waals surface area contributed by atoms with E-state index in [1.807, 2.05) is 38.1 Å². The molecule has 1 aromatic carbocycles. The number of nitrogens with two attached hydrogens (primary N) is 1. The molecule has 0 unspecified atom stereocenters. The number of carbonyl (C=O) groups excluding carboxylic acids is 2. The highest BCUT2D eigenvalue weighted by atomic mass is 16.3. The van der Waals surface area contributed by atoms with Gasteiger partial charge >= 0.3 is 0 Å². The number of fused-ring (bicyclic) bond motifs is 1. The minimum absolute atomic E-state index is 0.118. The first-order chi connectivity index (χ1) is 11.4. The fourth-order valence-corrected chi connectivity index (χ4v) is 2.35. The van der Waals surface area contributed by atoms with Crippen LogP contribution < -0.4 is 11.1 Å². The molecule has 1 heterocycles. The van der Waals surface area contributed by atoms with Gasteiger partial charge in [0.1, 0.15) is 12.1 Å². The van der Waals surface area contributed by atoms with Crippen molar-refractivity contribution in [2.24, 2.45) is 11.7 Å². The van der Waals surface area contributed by atoms with Gasteiger partial charge in [-0.05, 0) is 24.5 Å². The molecule has 7 heteroatoms. The van der Waals surface area contributed by atoms with Crippen LogP contribution in [0.15, 0.2) is 30.5 Å². The number of nitrogens with one attached hydrogen (secondary N) is 1. The van der Waals surface area contributed by atoms with Crippen LogP contribution in [-0.2, 0) is 16.0 Å². The van der Waals surface area contributed by atoms with Crippen LogP contribution in [0.2, 0.25) is 0 Å². The summed E-state index contributed by atoms with van der Waals surface area (Å²) in [6.07, 6.45) is 0.810. The van der Waals surface area contributed by atoms with Gasteiger partial charge in [0.05, 0.1) is 16.7 Å². The Morgan fingerprint density at radius 1 is 1.25 bits per heavy atom. The summed E-state index contributed by atoms with van der Waals surface area (Å²) in [7, 11) is 0. The van der Waals surface area contributed by atoms with Gasteiger partial charge in [-0.2, -0.15) is 0 Å². The van der Waals surface area contributed by atoms with Crippen LogP contribution in [0.5, 0.6) is 0 Å². The maximum absolute atomic E-state index is 12.0. The third-order valence-corrected chi connectivity index (χ3v) is 3.57. The Bertz CT molecular complexity index is 733. The molecule has 0 aliphatic carbocycles. The number of carbonyl (C=O) groups is 2. The topological polar surface area (TPSA) is 118 Å². The summed E-state index contributed by atoms with van der Waals surface area (Å²) in [5.41, 5.74) is 7.34. The first-order valence-electron chi connectivity index (χ1n) is 7.85. The molecule has 0 radical (unpaired) electrons. The van der Waals surface area contributed by atoms with Gasteiger partial charge in [-0.15, -0.1) is 0 Å². The lowest BCUT2D eigenvalue weighted by Gasteiger charge is -2.18. The van der Waals surface area contributed by atoms with Gasteiger partial charge in [0.2, 0.25) is 11.8 Å². The largest absolute Gasteiger partial charge is 0.383 e. The molecule has 24 heavy (non-hydrogen) atoms. The fraction of sp³-hybridized carbons (Fsp3) is 0.412. The Balaban J connectivity index is 2.09. The van der Waals surface area contributed by atoms with Crippen molar-refractivity contribution in [3.8, 4) is 0 Å². The Labute approximate surface area is 140 Å². The Morgan fingerprint density at radius 2 is 1.92 bits per heavy atom. The molecule has 4 N–H and O–H groups in total. The van der Waals surface area contributed by atoms with Gasteiger partial charge in [-0.25, -0.2) is 4.98 Å². The number of aromatic nitrogens is 2. The van der Waals surface area contributed by atoms with Gasteiger partial charge in [-0.3, -0.25) is 14.6 Å². The van der Waals surface area contributed by atoms with Gasteiger partial charge < -0.3 is 16.2 Å². The number of aliphatic hydroxyl groups excluding tert-OH is 1.